The molecule has 0 atom stereocenters. The van der Waals surface area contributed by atoms with E-state index in [1.807, 2.05) is 4.90 Å². The van der Waals surface area contributed by atoms with Crippen molar-refractivity contribution in [2.45, 2.75) is 50.4 Å². The molecular weight excluding hydrogens is 260 g/mol. The Balaban J connectivity index is 1.59. The van der Waals surface area contributed by atoms with Crippen molar-refractivity contribution in [3.63, 3.8) is 0 Å². The molecule has 2 fully saturated rings. The molecule has 0 aromatic heterocycles. The highest BCUT2D eigenvalue weighted by molar-refractivity contribution is 5.74. The van der Waals surface area contributed by atoms with E-state index in [2.05, 4.69) is 35.6 Å². The molecule has 114 valence electrons. The lowest BCUT2D eigenvalue weighted by molar-refractivity contribution is 0.184. The second kappa shape index (κ2) is 6.50. The van der Waals surface area contributed by atoms with Gasteiger partial charge in [-0.15, -0.1) is 0 Å². The van der Waals surface area contributed by atoms with Crippen LogP contribution in [0.1, 0.15) is 50.5 Å². The van der Waals surface area contributed by atoms with Gasteiger partial charge < -0.3 is 10.2 Å². The topological polar surface area (TPSA) is 32.3 Å². The minimum Gasteiger partial charge on any atom is -0.337 e. The minimum absolute atomic E-state index is 0.138. The number of carbonyl (C=O) groups is 1. The number of hydrogen-bond donors (Lipinski definition) is 1. The van der Waals surface area contributed by atoms with Gasteiger partial charge in [-0.2, -0.15) is 0 Å². The molecule has 1 aliphatic carbocycles. The van der Waals surface area contributed by atoms with Gasteiger partial charge in [0.25, 0.3) is 0 Å². The molecule has 1 saturated heterocycles. The first kappa shape index (κ1) is 14.4. The fraction of sp³-hybridized carbons (Fsp3) is 0.611. The minimum atomic E-state index is 0.138. The third kappa shape index (κ3) is 3.22. The van der Waals surface area contributed by atoms with Gasteiger partial charge in [0.2, 0.25) is 0 Å². The predicted molar refractivity (Wildman–Crippen MR) is 85.4 cm³/mol. The molecule has 1 heterocycles. The Morgan fingerprint density at radius 2 is 1.67 bits per heavy atom. The van der Waals surface area contributed by atoms with Crippen LogP contribution < -0.4 is 5.32 Å². The molecule has 3 heteroatoms. The summed E-state index contributed by atoms with van der Waals surface area (Å²) in [6.07, 6.45) is 8.48. The molecule has 0 unspecified atom stereocenters. The number of hydrogen-bond acceptors (Lipinski definition) is 1. The Morgan fingerprint density at radius 3 is 2.24 bits per heavy atom. The van der Waals surface area contributed by atoms with Gasteiger partial charge in [-0.1, -0.05) is 49.6 Å². The number of nitrogens with zero attached hydrogens (tertiary/aromatic N) is 1. The van der Waals surface area contributed by atoms with Crippen LogP contribution in [0.2, 0.25) is 0 Å². The molecule has 1 aromatic carbocycles. The summed E-state index contributed by atoms with van der Waals surface area (Å²) in [5.41, 5.74) is 1.57. The Morgan fingerprint density at radius 1 is 1.00 bits per heavy atom. The Kier molecular flexibility index (Phi) is 4.47. The fourth-order valence-electron chi connectivity index (χ4n) is 3.59. The number of urea groups is 1. The van der Waals surface area contributed by atoms with Crippen molar-refractivity contribution in [2.75, 3.05) is 19.6 Å². The Hall–Kier alpha value is -1.51. The maximum atomic E-state index is 12.4. The van der Waals surface area contributed by atoms with E-state index in [1.165, 1.54) is 37.7 Å². The molecule has 1 saturated carbocycles. The smallest absolute Gasteiger partial charge is 0.317 e. The Bertz CT molecular complexity index is 459. The molecule has 3 nitrogen and oxygen atoms in total. The second-order valence-corrected chi connectivity index (χ2v) is 6.56. The van der Waals surface area contributed by atoms with Crippen LogP contribution in [0.4, 0.5) is 4.79 Å². The third-order valence-electron chi connectivity index (χ3n) is 5.17. The van der Waals surface area contributed by atoms with Crippen LogP contribution in [-0.4, -0.2) is 30.6 Å². The van der Waals surface area contributed by atoms with Crippen LogP contribution in [0.25, 0.3) is 0 Å². The van der Waals surface area contributed by atoms with Gasteiger partial charge in [0.15, 0.2) is 0 Å². The van der Waals surface area contributed by atoms with Crippen LogP contribution in [0.5, 0.6) is 0 Å². The van der Waals surface area contributed by atoms with Crippen LogP contribution in [-0.2, 0) is 5.41 Å². The van der Waals surface area contributed by atoms with Gasteiger partial charge in [-0.25, -0.2) is 4.79 Å². The third-order valence-corrected chi connectivity index (χ3v) is 5.17. The van der Waals surface area contributed by atoms with E-state index >= 15 is 0 Å². The van der Waals surface area contributed by atoms with E-state index in [1.54, 1.807) is 0 Å². The van der Waals surface area contributed by atoms with Crippen LogP contribution in [0, 0.1) is 0 Å². The molecule has 1 aromatic rings. The molecule has 1 N–H and O–H groups in total. The second-order valence-electron chi connectivity index (χ2n) is 6.56. The summed E-state index contributed by atoms with van der Waals surface area (Å²) in [6, 6.07) is 10.8. The van der Waals surface area contributed by atoms with E-state index in [0.717, 1.165) is 32.5 Å². The van der Waals surface area contributed by atoms with Crippen molar-refractivity contribution in [1.82, 2.24) is 10.2 Å². The van der Waals surface area contributed by atoms with Crippen molar-refractivity contribution >= 4 is 6.03 Å². The summed E-state index contributed by atoms with van der Waals surface area (Å²) >= 11 is 0. The average molecular weight is 286 g/mol. The number of benzene rings is 1. The molecular formula is C18H26N2O. The highest BCUT2D eigenvalue weighted by atomic mass is 16.2. The molecule has 21 heavy (non-hydrogen) atoms. The quantitative estimate of drug-likeness (QED) is 0.903. The maximum absolute atomic E-state index is 12.4. The first-order valence-corrected chi connectivity index (χ1v) is 8.39. The van der Waals surface area contributed by atoms with E-state index in [4.69, 9.17) is 0 Å². The number of nitrogens with one attached hydrogen (secondary N) is 1. The van der Waals surface area contributed by atoms with Gasteiger partial charge in [-0.3, -0.25) is 0 Å². The lowest BCUT2D eigenvalue weighted by atomic mass is 9.64. The lowest BCUT2D eigenvalue weighted by Crippen LogP contribution is -2.49. The van der Waals surface area contributed by atoms with Gasteiger partial charge in [-0.05, 0) is 31.2 Å². The monoisotopic (exact) mass is 286 g/mol. The number of amides is 2. The molecule has 2 aliphatic rings. The highest BCUT2D eigenvalue weighted by Gasteiger charge is 2.38. The summed E-state index contributed by atoms with van der Waals surface area (Å²) < 4.78 is 0. The number of rotatable bonds is 3. The zero-order valence-electron chi connectivity index (χ0n) is 12.8. The summed E-state index contributed by atoms with van der Waals surface area (Å²) in [7, 11) is 0. The van der Waals surface area contributed by atoms with Crippen molar-refractivity contribution in [1.29, 1.82) is 0 Å². The average Bonchev–Trinajstić information content (AvgIpc) is 2.76. The van der Waals surface area contributed by atoms with Gasteiger partial charge in [0.05, 0.1) is 0 Å². The SMILES string of the molecule is O=C(NCC1(c2ccccc2)CCC1)N1CCCCCC1. The highest BCUT2D eigenvalue weighted by Crippen LogP contribution is 2.43. The fourth-order valence-corrected chi connectivity index (χ4v) is 3.59. The number of carbonyl (C=O) groups excluding carboxylic acids is 1. The van der Waals surface area contributed by atoms with E-state index in [9.17, 15) is 4.79 Å². The molecule has 0 bridgehead atoms. The summed E-state index contributed by atoms with van der Waals surface area (Å²) in [6.45, 7) is 2.63. The van der Waals surface area contributed by atoms with Crippen molar-refractivity contribution in [3.05, 3.63) is 35.9 Å². The zero-order valence-corrected chi connectivity index (χ0v) is 12.8. The predicted octanol–water partition coefficient (Wildman–Crippen LogP) is 3.69. The summed E-state index contributed by atoms with van der Waals surface area (Å²) in [4.78, 5) is 14.4. The summed E-state index contributed by atoms with van der Waals surface area (Å²) in [5, 5.41) is 3.21. The summed E-state index contributed by atoms with van der Waals surface area (Å²) in [5.74, 6) is 0. The van der Waals surface area contributed by atoms with Gasteiger partial charge >= 0.3 is 6.03 Å². The zero-order chi connectivity index (χ0) is 14.5. The first-order valence-electron chi connectivity index (χ1n) is 8.39. The standard InChI is InChI=1S/C18H26N2O/c21-17(20-13-6-1-2-7-14-20)19-15-18(11-8-12-18)16-9-4-3-5-10-16/h3-5,9-10H,1-2,6-8,11-15H2,(H,19,21). The normalized spacial score (nSPS) is 21.2. The lowest BCUT2D eigenvalue weighted by Gasteiger charge is -2.43. The van der Waals surface area contributed by atoms with Gasteiger partial charge in [0.1, 0.15) is 0 Å². The first-order chi connectivity index (χ1) is 10.3. The molecule has 2 amide bonds. The van der Waals surface area contributed by atoms with Crippen LogP contribution in [0.3, 0.4) is 0 Å². The number of likely N-dealkylation sites (tertiary alicyclic amines) is 1. The maximum Gasteiger partial charge on any atom is 0.317 e. The molecule has 1 aliphatic heterocycles. The van der Waals surface area contributed by atoms with E-state index in [0.29, 0.717) is 0 Å². The van der Waals surface area contributed by atoms with E-state index < -0.39 is 0 Å². The van der Waals surface area contributed by atoms with Gasteiger partial charge in [0, 0.05) is 25.0 Å². The van der Waals surface area contributed by atoms with Crippen molar-refractivity contribution in [2.24, 2.45) is 0 Å². The molecule has 0 spiro atoms. The largest absolute Gasteiger partial charge is 0.337 e. The van der Waals surface area contributed by atoms with E-state index in [-0.39, 0.29) is 11.4 Å². The molecule has 0 radical (unpaired) electrons. The van der Waals surface area contributed by atoms with Crippen LogP contribution >= 0.6 is 0 Å². The molecule has 3 rings (SSSR count). The van der Waals surface area contributed by atoms with Crippen LogP contribution in [0.15, 0.2) is 30.3 Å². The van der Waals surface area contributed by atoms with Crippen molar-refractivity contribution < 1.29 is 4.79 Å². The van der Waals surface area contributed by atoms with Crippen molar-refractivity contribution in [3.8, 4) is 0 Å². The Labute approximate surface area is 127 Å².